The van der Waals surface area contributed by atoms with E-state index < -0.39 is 6.10 Å². The van der Waals surface area contributed by atoms with E-state index in [0.29, 0.717) is 11.5 Å². The summed E-state index contributed by atoms with van der Waals surface area (Å²) < 4.78 is 10.2. The molecule has 0 heterocycles. The van der Waals surface area contributed by atoms with Crippen LogP contribution in [0.2, 0.25) is 0 Å². The Labute approximate surface area is 101 Å². The van der Waals surface area contributed by atoms with Crippen molar-refractivity contribution < 1.29 is 19.7 Å². The summed E-state index contributed by atoms with van der Waals surface area (Å²) in [4.78, 5) is 0. The molecular weight excluding hydrogens is 220 g/mol. The number of benzene rings is 1. The maximum atomic E-state index is 9.85. The fraction of sp³-hybridized carbons (Fsp3) is 0.538. The number of hydrogen-bond donors (Lipinski definition) is 2. The Morgan fingerprint density at radius 3 is 1.94 bits per heavy atom. The van der Waals surface area contributed by atoms with Crippen molar-refractivity contribution in [3.05, 3.63) is 17.7 Å². The lowest BCUT2D eigenvalue weighted by Gasteiger charge is -2.21. The van der Waals surface area contributed by atoms with Crippen LogP contribution in [0.5, 0.6) is 17.2 Å². The zero-order valence-electron chi connectivity index (χ0n) is 10.4. The van der Waals surface area contributed by atoms with E-state index in [-0.39, 0.29) is 11.2 Å². The van der Waals surface area contributed by atoms with Gasteiger partial charge in [-0.2, -0.15) is 0 Å². The Balaban J connectivity index is 2.49. The molecule has 0 spiro atoms. The highest BCUT2D eigenvalue weighted by atomic mass is 16.5. The van der Waals surface area contributed by atoms with Gasteiger partial charge in [0.15, 0.2) is 11.5 Å². The number of aliphatic hydroxyl groups is 1. The molecule has 0 amide bonds. The molecule has 1 aromatic rings. The molecule has 0 radical (unpaired) electrons. The Kier molecular flexibility index (Phi) is 2.91. The molecule has 0 saturated heterocycles. The Morgan fingerprint density at radius 1 is 1.18 bits per heavy atom. The molecule has 1 saturated carbocycles. The first kappa shape index (κ1) is 12.0. The highest BCUT2D eigenvalue weighted by molar-refractivity contribution is 5.55. The van der Waals surface area contributed by atoms with Gasteiger partial charge in [-0.05, 0) is 37.5 Å². The molecule has 1 aliphatic carbocycles. The van der Waals surface area contributed by atoms with E-state index in [4.69, 9.17) is 9.47 Å². The van der Waals surface area contributed by atoms with E-state index in [9.17, 15) is 10.2 Å². The third-order valence-corrected chi connectivity index (χ3v) is 3.64. The molecule has 1 fully saturated rings. The van der Waals surface area contributed by atoms with E-state index >= 15 is 0 Å². The average molecular weight is 238 g/mol. The van der Waals surface area contributed by atoms with Crippen LogP contribution >= 0.6 is 0 Å². The molecule has 0 bridgehead atoms. The highest BCUT2D eigenvalue weighted by Crippen LogP contribution is 2.53. The third kappa shape index (κ3) is 1.82. The van der Waals surface area contributed by atoms with Crippen molar-refractivity contribution >= 4 is 0 Å². The molecule has 1 aliphatic rings. The summed E-state index contributed by atoms with van der Waals surface area (Å²) >= 11 is 0. The van der Waals surface area contributed by atoms with Gasteiger partial charge >= 0.3 is 0 Å². The van der Waals surface area contributed by atoms with Gasteiger partial charge in [0.2, 0.25) is 5.75 Å². The van der Waals surface area contributed by atoms with Gasteiger partial charge < -0.3 is 19.7 Å². The molecule has 2 rings (SSSR count). The molecule has 1 unspecified atom stereocenters. The predicted octanol–water partition coefficient (Wildman–Crippen LogP) is 1.82. The minimum atomic E-state index is -0.415. The van der Waals surface area contributed by atoms with Crippen molar-refractivity contribution in [1.82, 2.24) is 0 Å². The maximum Gasteiger partial charge on any atom is 0.200 e. The quantitative estimate of drug-likeness (QED) is 0.840. The SMILES string of the molecule is COc1cc(C2(C(C)O)CC2)cc(OC)c1O. The minimum absolute atomic E-state index is 0.000132. The largest absolute Gasteiger partial charge is 0.502 e. The van der Waals surface area contributed by atoms with E-state index in [2.05, 4.69) is 0 Å². The van der Waals surface area contributed by atoms with Crippen LogP contribution in [0.15, 0.2) is 12.1 Å². The lowest BCUT2D eigenvalue weighted by molar-refractivity contribution is 0.150. The number of aliphatic hydroxyl groups excluding tert-OH is 1. The molecule has 17 heavy (non-hydrogen) atoms. The average Bonchev–Trinajstić information content (AvgIpc) is 3.10. The van der Waals surface area contributed by atoms with Gasteiger partial charge in [-0.1, -0.05) is 0 Å². The molecule has 1 atom stereocenters. The maximum absolute atomic E-state index is 9.85. The zero-order chi connectivity index (χ0) is 12.6. The second-order valence-corrected chi connectivity index (χ2v) is 4.56. The van der Waals surface area contributed by atoms with Crippen molar-refractivity contribution in [2.75, 3.05) is 14.2 Å². The van der Waals surface area contributed by atoms with Crippen molar-refractivity contribution in [3.8, 4) is 17.2 Å². The van der Waals surface area contributed by atoms with E-state index in [1.165, 1.54) is 14.2 Å². The first-order valence-electron chi connectivity index (χ1n) is 5.68. The second kappa shape index (κ2) is 4.11. The number of aromatic hydroxyl groups is 1. The summed E-state index contributed by atoms with van der Waals surface area (Å²) in [6.07, 6.45) is 1.48. The summed E-state index contributed by atoms with van der Waals surface area (Å²) in [5.74, 6) is 0.762. The number of phenols is 1. The summed E-state index contributed by atoms with van der Waals surface area (Å²) in [7, 11) is 3.00. The van der Waals surface area contributed by atoms with Crippen LogP contribution in [0.25, 0.3) is 0 Å². The van der Waals surface area contributed by atoms with Gasteiger partial charge in [0.25, 0.3) is 0 Å². The summed E-state index contributed by atoms with van der Waals surface area (Å²) in [6, 6.07) is 3.55. The van der Waals surface area contributed by atoms with E-state index in [1.807, 2.05) is 0 Å². The van der Waals surface area contributed by atoms with Gasteiger partial charge in [-0.15, -0.1) is 0 Å². The van der Waals surface area contributed by atoms with Crippen LogP contribution < -0.4 is 9.47 Å². The number of ether oxygens (including phenoxy) is 2. The van der Waals surface area contributed by atoms with Crippen molar-refractivity contribution in [3.63, 3.8) is 0 Å². The zero-order valence-corrected chi connectivity index (χ0v) is 10.4. The lowest BCUT2D eigenvalue weighted by Crippen LogP contribution is -2.22. The normalized spacial score (nSPS) is 18.6. The topological polar surface area (TPSA) is 58.9 Å². The van der Waals surface area contributed by atoms with Gasteiger partial charge in [0.05, 0.1) is 20.3 Å². The Morgan fingerprint density at radius 2 is 1.65 bits per heavy atom. The summed E-state index contributed by atoms with van der Waals surface area (Å²) in [6.45, 7) is 1.79. The first-order chi connectivity index (χ1) is 8.05. The molecule has 1 aromatic carbocycles. The summed E-state index contributed by atoms with van der Waals surface area (Å²) in [5, 5.41) is 19.7. The van der Waals surface area contributed by atoms with Gasteiger partial charge in [-0.3, -0.25) is 0 Å². The van der Waals surface area contributed by atoms with E-state index in [0.717, 1.165) is 18.4 Å². The smallest absolute Gasteiger partial charge is 0.200 e. The predicted molar refractivity (Wildman–Crippen MR) is 63.8 cm³/mol. The molecule has 94 valence electrons. The van der Waals surface area contributed by atoms with Crippen LogP contribution in [0, 0.1) is 0 Å². The van der Waals surface area contributed by atoms with Crippen LogP contribution in [0.3, 0.4) is 0 Å². The van der Waals surface area contributed by atoms with E-state index in [1.54, 1.807) is 19.1 Å². The van der Waals surface area contributed by atoms with Crippen molar-refractivity contribution in [1.29, 1.82) is 0 Å². The minimum Gasteiger partial charge on any atom is -0.502 e. The number of phenolic OH excluding ortho intramolecular Hbond substituents is 1. The number of hydrogen-bond acceptors (Lipinski definition) is 4. The van der Waals surface area contributed by atoms with Crippen molar-refractivity contribution in [2.24, 2.45) is 0 Å². The molecule has 0 aliphatic heterocycles. The first-order valence-corrected chi connectivity index (χ1v) is 5.68. The number of rotatable bonds is 4. The Hall–Kier alpha value is -1.42. The highest BCUT2D eigenvalue weighted by Gasteiger charge is 2.49. The second-order valence-electron chi connectivity index (χ2n) is 4.56. The van der Waals surface area contributed by atoms with Crippen LogP contribution in [0.4, 0.5) is 0 Å². The van der Waals surface area contributed by atoms with Crippen LogP contribution in [-0.2, 0) is 5.41 Å². The Bertz CT molecular complexity index is 396. The van der Waals surface area contributed by atoms with Crippen molar-refractivity contribution in [2.45, 2.75) is 31.3 Å². The van der Waals surface area contributed by atoms with Gasteiger partial charge in [-0.25, -0.2) is 0 Å². The fourth-order valence-electron chi connectivity index (χ4n) is 2.26. The summed E-state index contributed by atoms with van der Waals surface area (Å²) in [5.41, 5.74) is 0.757. The molecule has 2 N–H and O–H groups in total. The standard InChI is InChI=1S/C13H18O4/c1-8(14)13(4-5-13)9-6-10(16-2)12(15)11(7-9)17-3/h6-8,14-15H,4-5H2,1-3H3. The van der Waals surface area contributed by atoms with Crippen LogP contribution in [-0.4, -0.2) is 30.5 Å². The third-order valence-electron chi connectivity index (χ3n) is 3.64. The monoisotopic (exact) mass is 238 g/mol. The van der Waals surface area contributed by atoms with Crippen LogP contribution in [0.1, 0.15) is 25.3 Å². The molecular formula is C13H18O4. The molecule has 4 heteroatoms. The molecule has 4 nitrogen and oxygen atoms in total. The van der Waals surface area contributed by atoms with Gasteiger partial charge in [0.1, 0.15) is 0 Å². The lowest BCUT2D eigenvalue weighted by atomic mass is 9.90. The molecule has 0 aromatic heterocycles. The van der Waals surface area contributed by atoms with Gasteiger partial charge in [0, 0.05) is 5.41 Å². The number of methoxy groups -OCH3 is 2. The fourth-order valence-corrected chi connectivity index (χ4v) is 2.26.